The molecule has 1 aromatic carbocycles. The summed E-state index contributed by atoms with van der Waals surface area (Å²) >= 11 is 7.40. The minimum absolute atomic E-state index is 0.129. The first-order valence-corrected chi connectivity index (χ1v) is 11.3. The van der Waals surface area contributed by atoms with Crippen LogP contribution in [0.25, 0.3) is 10.2 Å². The Balaban J connectivity index is 1.14. The van der Waals surface area contributed by atoms with Crippen LogP contribution in [-0.4, -0.2) is 23.3 Å². The normalized spacial score (nSPS) is 30.5. The fraction of sp³-hybridized carbons (Fsp3) is 0.571. The number of carbonyl (C=O) groups is 2. The van der Waals surface area contributed by atoms with Crippen LogP contribution in [0.3, 0.4) is 0 Å². The summed E-state index contributed by atoms with van der Waals surface area (Å²) in [6, 6.07) is 5.47. The second-order valence-corrected chi connectivity index (χ2v) is 10.4. The molecule has 2 aromatic rings. The van der Waals surface area contributed by atoms with Crippen LogP contribution in [0, 0.1) is 23.2 Å². The number of fused-ring (bicyclic) bond motifs is 1. The van der Waals surface area contributed by atoms with E-state index in [4.69, 9.17) is 11.6 Å². The molecule has 2 amide bonds. The van der Waals surface area contributed by atoms with Gasteiger partial charge in [-0.05, 0) is 74.5 Å². The Hall–Kier alpha value is -1.66. The van der Waals surface area contributed by atoms with Crippen LogP contribution < -0.4 is 10.6 Å². The molecule has 6 rings (SSSR count). The van der Waals surface area contributed by atoms with Crippen LogP contribution in [-0.2, 0) is 9.59 Å². The molecule has 0 saturated heterocycles. The highest BCUT2D eigenvalue weighted by atomic mass is 35.5. The Bertz CT molecular complexity index is 906. The zero-order valence-corrected chi connectivity index (χ0v) is 17.2. The van der Waals surface area contributed by atoms with Gasteiger partial charge in [0.1, 0.15) is 0 Å². The van der Waals surface area contributed by atoms with Gasteiger partial charge in [-0.2, -0.15) is 0 Å². The zero-order chi connectivity index (χ0) is 19.3. The molecule has 148 valence electrons. The van der Waals surface area contributed by atoms with Crippen molar-refractivity contribution >= 4 is 50.1 Å². The van der Waals surface area contributed by atoms with Crippen molar-refractivity contribution in [2.75, 3.05) is 11.9 Å². The molecule has 4 bridgehead atoms. The number of amides is 2. The summed E-state index contributed by atoms with van der Waals surface area (Å²) < 4.78 is 0.943. The zero-order valence-electron chi connectivity index (χ0n) is 15.7. The van der Waals surface area contributed by atoms with Gasteiger partial charge in [0, 0.05) is 23.4 Å². The number of rotatable bonds is 5. The Labute approximate surface area is 173 Å². The number of aromatic nitrogens is 1. The summed E-state index contributed by atoms with van der Waals surface area (Å²) in [6.07, 6.45) is 7.36. The average Bonchev–Trinajstić information content (AvgIpc) is 3.01. The molecular formula is C21H24ClN3O2S. The molecule has 0 atom stereocenters. The second kappa shape index (κ2) is 6.99. The summed E-state index contributed by atoms with van der Waals surface area (Å²) in [5.41, 5.74) is 0.664. The molecule has 4 aliphatic carbocycles. The standard InChI is InChI=1S/C21H24ClN3O2S/c22-15-1-2-16-17(8-15)28-20(24-16)25-18(26)3-4-23-19(27)21-9-12-5-13(10-21)7-14(6-12)11-21/h1-2,8,12-14H,3-7,9-11H2,(H,23,27)(H,24,25,26). The largest absolute Gasteiger partial charge is 0.355 e. The maximum absolute atomic E-state index is 12.9. The summed E-state index contributed by atoms with van der Waals surface area (Å²) in [6.45, 7) is 0.378. The van der Waals surface area contributed by atoms with Gasteiger partial charge in [0.25, 0.3) is 0 Å². The first-order valence-electron chi connectivity index (χ1n) is 10.1. The van der Waals surface area contributed by atoms with Crippen LogP contribution in [0.4, 0.5) is 5.13 Å². The minimum atomic E-state index is -0.155. The van der Waals surface area contributed by atoms with Crippen LogP contribution >= 0.6 is 22.9 Å². The van der Waals surface area contributed by atoms with E-state index < -0.39 is 0 Å². The highest BCUT2D eigenvalue weighted by Gasteiger charge is 2.54. The fourth-order valence-corrected chi connectivity index (χ4v) is 7.16. The molecular weight excluding hydrogens is 394 g/mol. The highest BCUT2D eigenvalue weighted by molar-refractivity contribution is 7.22. The molecule has 4 fully saturated rings. The minimum Gasteiger partial charge on any atom is -0.355 e. The number of nitrogens with one attached hydrogen (secondary N) is 2. The van der Waals surface area contributed by atoms with Crippen molar-refractivity contribution in [2.24, 2.45) is 23.2 Å². The molecule has 1 aromatic heterocycles. The molecule has 1 heterocycles. The van der Waals surface area contributed by atoms with Gasteiger partial charge >= 0.3 is 0 Å². The van der Waals surface area contributed by atoms with E-state index in [2.05, 4.69) is 15.6 Å². The van der Waals surface area contributed by atoms with Crippen molar-refractivity contribution in [3.8, 4) is 0 Å². The monoisotopic (exact) mass is 417 g/mol. The first-order chi connectivity index (χ1) is 13.5. The number of anilines is 1. The van der Waals surface area contributed by atoms with Gasteiger partial charge in [-0.15, -0.1) is 0 Å². The molecule has 0 radical (unpaired) electrons. The third-order valence-electron chi connectivity index (χ3n) is 6.75. The van der Waals surface area contributed by atoms with Crippen molar-refractivity contribution in [1.82, 2.24) is 10.3 Å². The number of hydrogen-bond donors (Lipinski definition) is 2. The molecule has 28 heavy (non-hydrogen) atoms. The van der Waals surface area contributed by atoms with E-state index in [1.807, 2.05) is 12.1 Å². The molecule has 2 N–H and O–H groups in total. The number of nitrogens with zero attached hydrogens (tertiary/aromatic N) is 1. The summed E-state index contributed by atoms with van der Waals surface area (Å²) in [4.78, 5) is 29.6. The van der Waals surface area contributed by atoms with Gasteiger partial charge in [0.2, 0.25) is 11.8 Å². The third kappa shape index (κ3) is 3.41. The Morgan fingerprint density at radius 3 is 2.50 bits per heavy atom. The molecule has 0 aliphatic heterocycles. The van der Waals surface area contributed by atoms with Gasteiger partial charge in [-0.3, -0.25) is 9.59 Å². The molecule has 4 saturated carbocycles. The lowest BCUT2D eigenvalue weighted by atomic mass is 9.49. The third-order valence-corrected chi connectivity index (χ3v) is 7.92. The molecule has 5 nitrogen and oxygen atoms in total. The first kappa shape index (κ1) is 18.4. The van der Waals surface area contributed by atoms with Crippen molar-refractivity contribution in [3.63, 3.8) is 0 Å². The summed E-state index contributed by atoms with van der Waals surface area (Å²) in [5, 5.41) is 7.11. The van der Waals surface area contributed by atoms with E-state index in [0.717, 1.165) is 47.2 Å². The molecule has 0 spiro atoms. The lowest BCUT2D eigenvalue weighted by Crippen LogP contribution is -2.53. The SMILES string of the molecule is O=C(CCNC(=O)C12CC3CC(CC(C3)C1)C2)Nc1nc2ccc(Cl)cc2s1. The van der Waals surface area contributed by atoms with E-state index in [0.29, 0.717) is 16.7 Å². The number of thiazole rings is 1. The Morgan fingerprint density at radius 1 is 1.14 bits per heavy atom. The van der Waals surface area contributed by atoms with Crippen molar-refractivity contribution in [1.29, 1.82) is 0 Å². The maximum Gasteiger partial charge on any atom is 0.227 e. The van der Waals surface area contributed by atoms with Crippen molar-refractivity contribution in [3.05, 3.63) is 23.2 Å². The van der Waals surface area contributed by atoms with Crippen molar-refractivity contribution < 1.29 is 9.59 Å². The summed E-state index contributed by atoms with van der Waals surface area (Å²) in [7, 11) is 0. The molecule has 7 heteroatoms. The maximum atomic E-state index is 12.9. The van der Waals surface area contributed by atoms with E-state index in [9.17, 15) is 9.59 Å². The number of benzene rings is 1. The lowest BCUT2D eigenvalue weighted by molar-refractivity contribution is -0.146. The van der Waals surface area contributed by atoms with Crippen LogP contribution in [0.2, 0.25) is 5.02 Å². The topological polar surface area (TPSA) is 71.1 Å². The second-order valence-electron chi connectivity index (χ2n) is 8.88. The van der Waals surface area contributed by atoms with Gasteiger partial charge in [0.15, 0.2) is 5.13 Å². The van der Waals surface area contributed by atoms with Gasteiger partial charge in [0.05, 0.1) is 10.2 Å². The van der Waals surface area contributed by atoms with Crippen LogP contribution in [0.1, 0.15) is 44.9 Å². The average molecular weight is 418 g/mol. The molecule has 4 aliphatic rings. The van der Waals surface area contributed by atoms with Crippen LogP contribution in [0.15, 0.2) is 18.2 Å². The van der Waals surface area contributed by atoms with E-state index in [1.165, 1.54) is 30.6 Å². The van der Waals surface area contributed by atoms with Gasteiger partial charge in [-0.25, -0.2) is 4.98 Å². The molecule has 0 unspecified atom stereocenters. The quantitative estimate of drug-likeness (QED) is 0.746. The van der Waals surface area contributed by atoms with Gasteiger partial charge in [-0.1, -0.05) is 22.9 Å². The van der Waals surface area contributed by atoms with Crippen molar-refractivity contribution in [2.45, 2.75) is 44.9 Å². The van der Waals surface area contributed by atoms with Gasteiger partial charge < -0.3 is 10.6 Å². The van der Waals surface area contributed by atoms with E-state index in [1.54, 1.807) is 6.07 Å². The Morgan fingerprint density at radius 2 is 1.82 bits per heavy atom. The van der Waals surface area contributed by atoms with E-state index >= 15 is 0 Å². The predicted octanol–water partition coefficient (Wildman–Crippen LogP) is 4.61. The smallest absolute Gasteiger partial charge is 0.227 e. The lowest BCUT2D eigenvalue weighted by Gasteiger charge is -2.55. The number of hydrogen-bond acceptors (Lipinski definition) is 4. The number of carbonyl (C=O) groups excluding carboxylic acids is 2. The highest BCUT2D eigenvalue weighted by Crippen LogP contribution is 2.60. The van der Waals surface area contributed by atoms with Crippen LogP contribution in [0.5, 0.6) is 0 Å². The Kier molecular flexibility index (Phi) is 4.59. The summed E-state index contributed by atoms with van der Waals surface area (Å²) in [5.74, 6) is 2.28. The fourth-order valence-electron chi connectivity index (χ4n) is 6.00. The van der Waals surface area contributed by atoms with E-state index in [-0.39, 0.29) is 23.7 Å². The number of halogens is 1. The predicted molar refractivity (Wildman–Crippen MR) is 111 cm³/mol.